The second-order valence-electron chi connectivity index (χ2n) is 3.25. The Kier molecular flexibility index (Phi) is 1.28. The van der Waals surface area contributed by atoms with E-state index >= 15 is 0 Å². The molecule has 2 nitrogen and oxygen atoms in total. The van der Waals surface area contributed by atoms with Gasteiger partial charge in [-0.2, -0.15) is 0 Å². The van der Waals surface area contributed by atoms with E-state index in [2.05, 4.69) is 0 Å². The van der Waals surface area contributed by atoms with Crippen LogP contribution in [0.25, 0.3) is 0 Å². The van der Waals surface area contributed by atoms with Crippen LogP contribution in [0.1, 0.15) is 6.42 Å². The van der Waals surface area contributed by atoms with Crippen molar-refractivity contribution >= 4 is 5.97 Å². The van der Waals surface area contributed by atoms with Crippen LogP contribution in [-0.2, 0) is 4.79 Å². The summed E-state index contributed by atoms with van der Waals surface area (Å²) in [6, 6.07) is 0. The Labute approximate surface area is 63.7 Å². The summed E-state index contributed by atoms with van der Waals surface area (Å²) in [6.07, 6.45) is 3.06. The smallest absolute Gasteiger partial charge is 0.307 e. The van der Waals surface area contributed by atoms with Crippen molar-refractivity contribution in [3.05, 3.63) is 12.2 Å². The van der Waals surface area contributed by atoms with Crippen LogP contribution in [-0.4, -0.2) is 17.2 Å². The molecule has 0 aromatic rings. The molecule has 0 saturated heterocycles. The van der Waals surface area contributed by atoms with Crippen LogP contribution in [0.5, 0.6) is 0 Å². The van der Waals surface area contributed by atoms with Crippen LogP contribution in [0.3, 0.4) is 0 Å². The molecule has 2 aliphatic rings. The quantitative estimate of drug-likeness (QED) is 0.580. The first-order chi connectivity index (χ1) is 5.20. The zero-order valence-electron chi connectivity index (χ0n) is 5.90. The zero-order chi connectivity index (χ0) is 8.01. The average molecular weight is 156 g/mol. The van der Waals surface area contributed by atoms with E-state index in [-0.39, 0.29) is 11.8 Å². The highest BCUT2D eigenvalue weighted by atomic mass is 19.1. The number of hydrogen-bond donors (Lipinski definition) is 1. The van der Waals surface area contributed by atoms with Gasteiger partial charge in [0.1, 0.15) is 6.17 Å². The molecule has 1 fully saturated rings. The third-order valence-corrected chi connectivity index (χ3v) is 2.67. The van der Waals surface area contributed by atoms with Crippen LogP contribution >= 0.6 is 0 Å². The van der Waals surface area contributed by atoms with Crippen molar-refractivity contribution in [1.82, 2.24) is 0 Å². The first-order valence-corrected chi connectivity index (χ1v) is 3.75. The van der Waals surface area contributed by atoms with E-state index in [9.17, 15) is 9.18 Å². The third kappa shape index (κ3) is 0.800. The third-order valence-electron chi connectivity index (χ3n) is 2.67. The predicted molar refractivity (Wildman–Crippen MR) is 36.8 cm³/mol. The van der Waals surface area contributed by atoms with Crippen molar-refractivity contribution < 1.29 is 14.3 Å². The van der Waals surface area contributed by atoms with Crippen LogP contribution in [0.15, 0.2) is 12.2 Å². The van der Waals surface area contributed by atoms with Crippen LogP contribution in [0.4, 0.5) is 4.39 Å². The molecule has 2 aliphatic carbocycles. The summed E-state index contributed by atoms with van der Waals surface area (Å²) >= 11 is 0. The Morgan fingerprint density at radius 1 is 1.55 bits per heavy atom. The summed E-state index contributed by atoms with van der Waals surface area (Å²) in [5.41, 5.74) is 0. The molecular formula is C8H9FO2. The number of halogens is 1. The largest absolute Gasteiger partial charge is 0.481 e. The maximum atomic E-state index is 13.1. The Morgan fingerprint density at radius 2 is 2.27 bits per heavy atom. The van der Waals surface area contributed by atoms with Crippen LogP contribution in [0.2, 0.25) is 0 Å². The molecule has 2 rings (SSSR count). The van der Waals surface area contributed by atoms with Crippen molar-refractivity contribution in [2.75, 3.05) is 0 Å². The number of allylic oxidation sites excluding steroid dienone is 2. The highest BCUT2D eigenvalue weighted by Crippen LogP contribution is 2.45. The van der Waals surface area contributed by atoms with E-state index in [0.717, 1.165) is 0 Å². The molecule has 0 aromatic carbocycles. The molecule has 1 saturated carbocycles. The minimum absolute atomic E-state index is 0.124. The summed E-state index contributed by atoms with van der Waals surface area (Å²) in [7, 11) is 0. The van der Waals surface area contributed by atoms with E-state index in [4.69, 9.17) is 5.11 Å². The molecular weight excluding hydrogens is 147 g/mol. The minimum atomic E-state index is -0.934. The van der Waals surface area contributed by atoms with Crippen molar-refractivity contribution in [3.8, 4) is 0 Å². The summed E-state index contributed by atoms with van der Waals surface area (Å²) in [5.74, 6) is -1.80. The van der Waals surface area contributed by atoms with Crippen molar-refractivity contribution in [2.24, 2.45) is 17.8 Å². The number of aliphatic carboxylic acids is 1. The van der Waals surface area contributed by atoms with E-state index in [1.165, 1.54) is 0 Å². The van der Waals surface area contributed by atoms with E-state index in [0.29, 0.717) is 6.42 Å². The lowest BCUT2D eigenvalue weighted by Crippen LogP contribution is -2.20. The molecule has 4 atom stereocenters. The molecule has 0 amide bonds. The van der Waals surface area contributed by atoms with Gasteiger partial charge in [0.2, 0.25) is 0 Å². The molecule has 0 aromatic heterocycles. The molecule has 60 valence electrons. The minimum Gasteiger partial charge on any atom is -0.481 e. The van der Waals surface area contributed by atoms with Crippen LogP contribution in [0, 0.1) is 17.8 Å². The van der Waals surface area contributed by atoms with Crippen LogP contribution < -0.4 is 0 Å². The first-order valence-electron chi connectivity index (χ1n) is 3.75. The first kappa shape index (κ1) is 6.83. The predicted octanol–water partition coefficient (Wildman–Crippen LogP) is 1.23. The fourth-order valence-corrected chi connectivity index (χ4v) is 2.05. The Balaban J connectivity index is 2.21. The van der Waals surface area contributed by atoms with Crippen molar-refractivity contribution in [2.45, 2.75) is 12.6 Å². The normalized spacial score (nSPS) is 46.6. The molecule has 2 bridgehead atoms. The van der Waals surface area contributed by atoms with Gasteiger partial charge >= 0.3 is 5.97 Å². The molecule has 0 radical (unpaired) electrons. The topological polar surface area (TPSA) is 37.3 Å². The van der Waals surface area contributed by atoms with Crippen molar-refractivity contribution in [3.63, 3.8) is 0 Å². The summed E-state index contributed by atoms with van der Waals surface area (Å²) in [4.78, 5) is 10.5. The standard InChI is InChI=1S/C8H9FO2/c9-7-4-1-2-5(7)6(3-4)8(10)11/h1-2,4-7H,3H2,(H,10,11). The van der Waals surface area contributed by atoms with E-state index in [1.54, 1.807) is 12.2 Å². The SMILES string of the molecule is O=C(O)C1CC2C=CC1C2F. The van der Waals surface area contributed by atoms with Gasteiger partial charge in [0, 0.05) is 11.8 Å². The number of carbonyl (C=O) groups is 1. The van der Waals surface area contributed by atoms with Gasteiger partial charge in [0.05, 0.1) is 5.92 Å². The molecule has 1 N–H and O–H groups in total. The lowest BCUT2D eigenvalue weighted by atomic mass is 9.94. The van der Waals surface area contributed by atoms with E-state index in [1.807, 2.05) is 0 Å². The van der Waals surface area contributed by atoms with Gasteiger partial charge in [0.15, 0.2) is 0 Å². The number of fused-ring (bicyclic) bond motifs is 2. The van der Waals surface area contributed by atoms with Gasteiger partial charge in [-0.3, -0.25) is 4.79 Å². The van der Waals surface area contributed by atoms with Gasteiger partial charge in [-0.1, -0.05) is 12.2 Å². The van der Waals surface area contributed by atoms with Gasteiger partial charge in [-0.15, -0.1) is 0 Å². The second kappa shape index (κ2) is 2.06. The molecule has 4 unspecified atom stereocenters. The molecule has 11 heavy (non-hydrogen) atoms. The number of hydrogen-bond acceptors (Lipinski definition) is 1. The van der Waals surface area contributed by atoms with E-state index < -0.39 is 18.1 Å². The molecule has 3 heteroatoms. The monoisotopic (exact) mass is 156 g/mol. The number of carboxylic acid groups (broad SMARTS) is 1. The van der Waals surface area contributed by atoms with Gasteiger partial charge in [-0.05, 0) is 6.42 Å². The Bertz CT molecular complexity index is 224. The molecule has 0 aliphatic heterocycles. The van der Waals surface area contributed by atoms with Gasteiger partial charge in [0.25, 0.3) is 0 Å². The fraction of sp³-hybridized carbons (Fsp3) is 0.625. The van der Waals surface area contributed by atoms with Gasteiger partial charge in [-0.25, -0.2) is 4.39 Å². The summed E-state index contributed by atoms with van der Waals surface area (Å²) in [6.45, 7) is 0. The summed E-state index contributed by atoms with van der Waals surface area (Å²) < 4.78 is 13.1. The van der Waals surface area contributed by atoms with Gasteiger partial charge < -0.3 is 5.11 Å². The maximum absolute atomic E-state index is 13.1. The number of rotatable bonds is 1. The second-order valence-corrected chi connectivity index (χ2v) is 3.25. The molecule has 0 heterocycles. The average Bonchev–Trinajstić information content (AvgIpc) is 2.46. The lowest BCUT2D eigenvalue weighted by Gasteiger charge is -2.11. The maximum Gasteiger partial charge on any atom is 0.307 e. The Hall–Kier alpha value is -0.860. The van der Waals surface area contributed by atoms with Crippen molar-refractivity contribution in [1.29, 1.82) is 0 Å². The molecule has 0 spiro atoms. The lowest BCUT2D eigenvalue weighted by molar-refractivity contribution is -0.142. The number of carboxylic acids is 1. The Morgan fingerprint density at radius 3 is 2.55 bits per heavy atom. The number of alkyl halides is 1. The fourth-order valence-electron chi connectivity index (χ4n) is 2.05. The zero-order valence-corrected chi connectivity index (χ0v) is 5.90. The summed E-state index contributed by atoms with van der Waals surface area (Å²) in [5, 5.41) is 8.65. The highest BCUT2D eigenvalue weighted by molar-refractivity contribution is 5.72. The highest BCUT2D eigenvalue weighted by Gasteiger charge is 2.48.